The van der Waals surface area contributed by atoms with Crippen LogP contribution in [0.2, 0.25) is 0 Å². The predicted octanol–water partition coefficient (Wildman–Crippen LogP) is 0.264. The molecule has 0 aliphatic heterocycles. The molecule has 0 aliphatic carbocycles. The SMILES string of the molecule is [N-]=CC=[N-].[Y]. The Kier molecular flexibility index (Phi) is 16.0. The Morgan fingerprint density at radius 2 is 1.20 bits per heavy atom. The predicted molar refractivity (Wildman–Crippen MR) is 18.8 cm³/mol. The van der Waals surface area contributed by atoms with Crippen molar-refractivity contribution in [2.75, 3.05) is 0 Å². The molecule has 0 amide bonds. The van der Waals surface area contributed by atoms with E-state index in [4.69, 9.17) is 10.8 Å². The van der Waals surface area contributed by atoms with E-state index in [2.05, 4.69) is 0 Å². The summed E-state index contributed by atoms with van der Waals surface area (Å²) in [6, 6.07) is 0. The van der Waals surface area contributed by atoms with E-state index >= 15 is 0 Å². The van der Waals surface area contributed by atoms with Crippen molar-refractivity contribution in [2.24, 2.45) is 0 Å². The van der Waals surface area contributed by atoms with Crippen molar-refractivity contribution in [3.05, 3.63) is 10.8 Å². The molecule has 0 unspecified atom stereocenters. The molecule has 2 nitrogen and oxygen atoms in total. The molecule has 0 saturated carbocycles. The Balaban J connectivity index is 0. The van der Waals surface area contributed by atoms with E-state index in [0.29, 0.717) is 12.4 Å². The van der Waals surface area contributed by atoms with Crippen molar-refractivity contribution in [3.63, 3.8) is 0 Å². The molecule has 25 valence electrons. The number of nitrogens with zero attached hydrogens (tertiary/aromatic N) is 2. The minimum absolute atomic E-state index is 0. The van der Waals surface area contributed by atoms with Gasteiger partial charge in [0.25, 0.3) is 0 Å². The van der Waals surface area contributed by atoms with Gasteiger partial charge in [-0.3, -0.25) is 0 Å². The van der Waals surface area contributed by atoms with Gasteiger partial charge in [-0.1, -0.05) is 0 Å². The molecule has 0 rings (SSSR count). The Morgan fingerprint density at radius 3 is 1.20 bits per heavy atom. The van der Waals surface area contributed by atoms with E-state index < -0.39 is 0 Å². The van der Waals surface area contributed by atoms with Crippen molar-refractivity contribution in [1.82, 2.24) is 0 Å². The quantitative estimate of drug-likeness (QED) is 0.472. The van der Waals surface area contributed by atoms with Gasteiger partial charge in [-0.05, 0) is 0 Å². The van der Waals surface area contributed by atoms with Crippen LogP contribution in [0.4, 0.5) is 0 Å². The number of hydrogen-bond acceptors (Lipinski definition) is 0. The van der Waals surface area contributed by atoms with Crippen LogP contribution in [0.25, 0.3) is 10.8 Å². The van der Waals surface area contributed by atoms with Crippen LogP contribution in [-0.4, -0.2) is 12.4 Å². The summed E-state index contributed by atoms with van der Waals surface area (Å²) in [5, 5.41) is 14.9. The second kappa shape index (κ2) is 8.82. The zero-order valence-corrected chi connectivity index (χ0v) is 5.46. The van der Waals surface area contributed by atoms with Crippen LogP contribution in [0, 0.1) is 0 Å². The van der Waals surface area contributed by atoms with Gasteiger partial charge in [-0.15, -0.1) is 0 Å². The van der Waals surface area contributed by atoms with Crippen molar-refractivity contribution >= 4 is 12.4 Å². The molecule has 5 heavy (non-hydrogen) atoms. The number of rotatable bonds is 1. The van der Waals surface area contributed by atoms with Gasteiger partial charge in [0.05, 0.1) is 0 Å². The topological polar surface area (TPSA) is 44.6 Å². The summed E-state index contributed by atoms with van der Waals surface area (Å²) in [7, 11) is 0. The number of hydrogen-bond donors (Lipinski definition) is 0. The summed E-state index contributed by atoms with van der Waals surface area (Å²) in [6.45, 7) is 0. The summed E-state index contributed by atoms with van der Waals surface area (Å²) < 4.78 is 0. The van der Waals surface area contributed by atoms with Gasteiger partial charge >= 0.3 is 0 Å². The van der Waals surface area contributed by atoms with Crippen molar-refractivity contribution in [1.29, 1.82) is 0 Å². The summed E-state index contributed by atoms with van der Waals surface area (Å²) in [5.41, 5.74) is 0. The van der Waals surface area contributed by atoms with Gasteiger partial charge < -0.3 is 10.8 Å². The Morgan fingerprint density at radius 1 is 1.00 bits per heavy atom. The van der Waals surface area contributed by atoms with Crippen LogP contribution in [0.15, 0.2) is 0 Å². The maximum Gasteiger partial charge on any atom is 0 e. The van der Waals surface area contributed by atoms with Crippen LogP contribution in [0.1, 0.15) is 0 Å². The standard InChI is InChI=1S/C2H2N2.Y/c3-1-2-4;/h1-2H;/q-2;. The second-order valence-corrected chi connectivity index (χ2v) is 0.298. The Hall–Kier alpha value is 0.444. The van der Waals surface area contributed by atoms with E-state index in [9.17, 15) is 0 Å². The zero-order valence-electron chi connectivity index (χ0n) is 2.63. The largest absolute Gasteiger partial charge is 0.812 e. The first-order valence-electron chi connectivity index (χ1n) is 0.850. The van der Waals surface area contributed by atoms with Gasteiger partial charge in [0, 0.05) is 32.7 Å². The third-order valence-electron chi connectivity index (χ3n) is 0.0667. The van der Waals surface area contributed by atoms with Crippen LogP contribution < -0.4 is 0 Å². The molecule has 0 fully saturated rings. The van der Waals surface area contributed by atoms with Gasteiger partial charge in [-0.25, -0.2) is 12.4 Å². The summed E-state index contributed by atoms with van der Waals surface area (Å²) in [4.78, 5) is 0. The molecule has 0 N–H and O–H groups in total. The summed E-state index contributed by atoms with van der Waals surface area (Å²) in [5.74, 6) is 0. The zero-order chi connectivity index (χ0) is 3.41. The molecule has 0 aromatic carbocycles. The van der Waals surface area contributed by atoms with Crippen molar-refractivity contribution in [3.8, 4) is 0 Å². The molecule has 0 aliphatic rings. The monoisotopic (exact) mass is 143 g/mol. The van der Waals surface area contributed by atoms with Gasteiger partial charge in [-0.2, -0.15) is 0 Å². The van der Waals surface area contributed by atoms with E-state index in [1.54, 1.807) is 0 Å². The van der Waals surface area contributed by atoms with Crippen LogP contribution in [-0.2, 0) is 32.7 Å². The third kappa shape index (κ3) is 12.7. The fraction of sp³-hybridized carbons (Fsp3) is 0. The first-order chi connectivity index (χ1) is 1.91. The molecule has 0 heterocycles. The molecular weight excluding hydrogens is 141 g/mol. The van der Waals surface area contributed by atoms with Gasteiger partial charge in [0.2, 0.25) is 0 Å². The summed E-state index contributed by atoms with van der Waals surface area (Å²) in [6.07, 6.45) is 1.11. The Bertz CT molecular complexity index is 28.6. The van der Waals surface area contributed by atoms with Crippen LogP contribution >= 0.6 is 0 Å². The van der Waals surface area contributed by atoms with E-state index in [0.717, 1.165) is 0 Å². The van der Waals surface area contributed by atoms with Crippen molar-refractivity contribution in [2.45, 2.75) is 0 Å². The molecule has 0 spiro atoms. The molecule has 0 aromatic heterocycles. The maximum atomic E-state index is 7.44. The van der Waals surface area contributed by atoms with Gasteiger partial charge in [0.15, 0.2) is 0 Å². The first-order valence-corrected chi connectivity index (χ1v) is 0.850. The minimum atomic E-state index is 0. The average Bonchev–Trinajstić information content (AvgIpc) is 1.37. The molecule has 0 bridgehead atoms. The van der Waals surface area contributed by atoms with Crippen molar-refractivity contribution < 1.29 is 32.7 Å². The average molecular weight is 143 g/mol. The second-order valence-electron chi connectivity index (χ2n) is 0.298. The van der Waals surface area contributed by atoms with E-state index in [-0.39, 0.29) is 32.7 Å². The minimum Gasteiger partial charge on any atom is -0.812 e. The molecule has 0 atom stereocenters. The van der Waals surface area contributed by atoms with Gasteiger partial charge in [0.1, 0.15) is 0 Å². The van der Waals surface area contributed by atoms with Crippen LogP contribution in [0.5, 0.6) is 0 Å². The molecular formula is C2H2N2Y-2. The third-order valence-corrected chi connectivity index (χ3v) is 0.0667. The molecule has 0 aromatic rings. The molecule has 0 saturated heterocycles. The Labute approximate surface area is 55.9 Å². The smallest absolute Gasteiger partial charge is 0 e. The fourth-order valence-electron chi connectivity index (χ4n) is 0. The van der Waals surface area contributed by atoms with E-state index in [1.807, 2.05) is 0 Å². The van der Waals surface area contributed by atoms with Crippen LogP contribution in [0.3, 0.4) is 0 Å². The van der Waals surface area contributed by atoms with E-state index in [1.165, 1.54) is 0 Å². The first kappa shape index (κ1) is 9.06. The summed E-state index contributed by atoms with van der Waals surface area (Å²) >= 11 is 0. The maximum absolute atomic E-state index is 7.44. The molecule has 3 heteroatoms. The molecule has 1 radical (unpaired) electrons. The fourth-order valence-corrected chi connectivity index (χ4v) is 0. The normalized spacial score (nSPS) is 4.00.